The number of primary amides is 1. The highest BCUT2D eigenvalue weighted by atomic mass is 35.5. The smallest absolute Gasteiger partial charge is 0.273 e. The second-order valence-corrected chi connectivity index (χ2v) is 8.01. The lowest BCUT2D eigenvalue weighted by Gasteiger charge is -2.11. The molecule has 0 spiro atoms. The van der Waals surface area contributed by atoms with Crippen molar-refractivity contribution in [1.82, 2.24) is 19.9 Å². The molecule has 0 saturated heterocycles. The van der Waals surface area contributed by atoms with Crippen molar-refractivity contribution < 1.29 is 9.59 Å². The summed E-state index contributed by atoms with van der Waals surface area (Å²) in [4.78, 5) is 30.4. The molecule has 0 aliphatic carbocycles. The molecule has 11 heteroatoms. The van der Waals surface area contributed by atoms with Gasteiger partial charge in [-0.25, -0.2) is 9.67 Å². The number of aliphatic imine (C=N–C) groups is 1. The summed E-state index contributed by atoms with van der Waals surface area (Å²) in [7, 11) is 3.55. The third-order valence-electron chi connectivity index (χ3n) is 4.12. The topological polar surface area (TPSA) is 106 Å². The van der Waals surface area contributed by atoms with Gasteiger partial charge in [-0.2, -0.15) is 0 Å². The van der Waals surface area contributed by atoms with Crippen LogP contribution in [0.3, 0.4) is 0 Å². The predicted octanol–water partition coefficient (Wildman–Crippen LogP) is 3.84. The second kappa shape index (κ2) is 9.47. The zero-order chi connectivity index (χ0) is 22.7. The minimum atomic E-state index is -0.753. The number of amides is 1. The highest BCUT2D eigenvalue weighted by Crippen LogP contribution is 2.30. The third kappa shape index (κ3) is 5.22. The summed E-state index contributed by atoms with van der Waals surface area (Å²) in [5.41, 5.74) is 6.51. The van der Waals surface area contributed by atoms with E-state index in [1.807, 2.05) is 0 Å². The summed E-state index contributed by atoms with van der Waals surface area (Å²) in [5.74, 6) is -0.891. The highest BCUT2D eigenvalue weighted by molar-refractivity contribution is 6.41. The van der Waals surface area contributed by atoms with Gasteiger partial charge in [0.25, 0.3) is 5.91 Å². The van der Waals surface area contributed by atoms with Crippen LogP contribution in [-0.4, -0.2) is 52.0 Å². The van der Waals surface area contributed by atoms with Crippen LogP contribution in [0.15, 0.2) is 41.4 Å². The van der Waals surface area contributed by atoms with E-state index in [0.29, 0.717) is 16.1 Å². The van der Waals surface area contributed by atoms with E-state index >= 15 is 0 Å². The number of halogens is 3. The molecule has 1 heterocycles. The van der Waals surface area contributed by atoms with Crippen LogP contribution in [0, 0.1) is 0 Å². The second-order valence-electron chi connectivity index (χ2n) is 6.76. The largest absolute Gasteiger partial charge is 0.369 e. The van der Waals surface area contributed by atoms with Crippen LogP contribution in [0.2, 0.25) is 15.1 Å². The van der Waals surface area contributed by atoms with E-state index < -0.39 is 5.91 Å². The summed E-state index contributed by atoms with van der Waals surface area (Å²) >= 11 is 18.7. The molecule has 31 heavy (non-hydrogen) atoms. The molecular weight excluding hydrogens is 463 g/mol. The molecule has 2 N–H and O–H groups in total. The first-order valence-corrected chi connectivity index (χ1v) is 10.0. The summed E-state index contributed by atoms with van der Waals surface area (Å²) < 4.78 is 1.39. The van der Waals surface area contributed by atoms with Crippen LogP contribution in [0.25, 0.3) is 0 Å². The standard InChI is InChI=1S/C20H17Cl3N6O2/c1-28(2)10-25-20-17(19(24)31)26-27-29(20)9-11-7-14(22)16(15(23)8-11)18(30)12-3-5-13(21)6-4-12/h3-8,10H,9H2,1-2H3,(H2,24,31)/b25-10+. The molecule has 8 nitrogen and oxygen atoms in total. The molecule has 1 amide bonds. The molecule has 0 saturated carbocycles. The van der Waals surface area contributed by atoms with Crippen molar-refractivity contribution in [2.75, 3.05) is 14.1 Å². The van der Waals surface area contributed by atoms with Crippen LogP contribution in [0.4, 0.5) is 5.82 Å². The molecule has 3 aromatic rings. The molecule has 0 atom stereocenters. The number of hydrogen-bond donors (Lipinski definition) is 1. The quantitative estimate of drug-likeness (QED) is 0.315. The van der Waals surface area contributed by atoms with Gasteiger partial charge in [0.05, 0.1) is 28.5 Å². The van der Waals surface area contributed by atoms with Crippen LogP contribution in [-0.2, 0) is 6.54 Å². The number of hydrogen-bond acceptors (Lipinski definition) is 5. The van der Waals surface area contributed by atoms with Crippen molar-refractivity contribution >= 4 is 58.6 Å². The lowest BCUT2D eigenvalue weighted by molar-refractivity contribution is 0.0994. The SMILES string of the molecule is CN(C)/C=N/c1c(C(N)=O)nnn1Cc1cc(Cl)c(C(=O)c2ccc(Cl)cc2)c(Cl)c1. The summed E-state index contributed by atoms with van der Waals surface area (Å²) in [6.07, 6.45) is 1.50. The van der Waals surface area contributed by atoms with E-state index in [2.05, 4.69) is 15.3 Å². The van der Waals surface area contributed by atoms with Gasteiger partial charge in [-0.05, 0) is 42.0 Å². The highest BCUT2D eigenvalue weighted by Gasteiger charge is 2.20. The molecule has 0 unspecified atom stereocenters. The fraction of sp³-hybridized carbons (Fsp3) is 0.150. The fourth-order valence-electron chi connectivity index (χ4n) is 2.72. The predicted molar refractivity (Wildman–Crippen MR) is 121 cm³/mol. The Hall–Kier alpha value is -2.94. The maximum atomic E-state index is 12.8. The zero-order valence-electron chi connectivity index (χ0n) is 16.5. The minimum Gasteiger partial charge on any atom is -0.369 e. The van der Waals surface area contributed by atoms with Gasteiger partial charge >= 0.3 is 0 Å². The number of nitrogens with zero attached hydrogens (tertiary/aromatic N) is 5. The Bertz CT molecular complexity index is 1150. The van der Waals surface area contributed by atoms with Crippen molar-refractivity contribution in [2.45, 2.75) is 6.54 Å². The van der Waals surface area contributed by atoms with Crippen LogP contribution < -0.4 is 5.73 Å². The van der Waals surface area contributed by atoms with E-state index in [4.69, 9.17) is 40.5 Å². The first-order valence-electron chi connectivity index (χ1n) is 8.89. The lowest BCUT2D eigenvalue weighted by Crippen LogP contribution is -2.13. The number of benzene rings is 2. The number of carbonyl (C=O) groups is 2. The minimum absolute atomic E-state index is 0.0650. The summed E-state index contributed by atoms with van der Waals surface area (Å²) in [6, 6.07) is 9.62. The molecule has 160 valence electrons. The van der Waals surface area contributed by atoms with Crippen molar-refractivity contribution in [3.63, 3.8) is 0 Å². The van der Waals surface area contributed by atoms with Gasteiger partial charge in [0.15, 0.2) is 17.3 Å². The maximum Gasteiger partial charge on any atom is 0.273 e. The molecule has 0 radical (unpaired) electrons. The number of nitrogens with two attached hydrogens (primary N) is 1. The average molecular weight is 480 g/mol. The molecule has 3 rings (SSSR count). The first-order chi connectivity index (χ1) is 14.7. The Labute approximate surface area is 193 Å². The molecule has 0 fully saturated rings. The van der Waals surface area contributed by atoms with E-state index in [9.17, 15) is 9.59 Å². The zero-order valence-corrected chi connectivity index (χ0v) is 18.8. The summed E-state index contributed by atoms with van der Waals surface area (Å²) in [5, 5.41) is 8.62. The van der Waals surface area contributed by atoms with Gasteiger partial charge in [-0.1, -0.05) is 40.0 Å². The number of carbonyl (C=O) groups excluding carboxylic acids is 2. The molecule has 0 bridgehead atoms. The first kappa shape index (κ1) is 22.7. The van der Waals surface area contributed by atoms with Crippen molar-refractivity contribution in [2.24, 2.45) is 10.7 Å². The summed E-state index contributed by atoms with van der Waals surface area (Å²) in [6.45, 7) is 0.148. The molecule has 0 aliphatic rings. The molecule has 1 aromatic heterocycles. The van der Waals surface area contributed by atoms with Gasteiger partial charge in [-0.3, -0.25) is 9.59 Å². The van der Waals surface area contributed by atoms with E-state index in [0.717, 1.165) is 0 Å². The molecule has 0 aliphatic heterocycles. The normalized spacial score (nSPS) is 11.1. The van der Waals surface area contributed by atoms with Crippen LogP contribution in [0.1, 0.15) is 32.0 Å². The van der Waals surface area contributed by atoms with Gasteiger partial charge in [0, 0.05) is 24.7 Å². The van der Waals surface area contributed by atoms with Gasteiger partial charge in [0.2, 0.25) is 0 Å². The third-order valence-corrected chi connectivity index (χ3v) is 4.97. The monoisotopic (exact) mass is 478 g/mol. The van der Waals surface area contributed by atoms with E-state index in [1.165, 1.54) is 11.0 Å². The average Bonchev–Trinajstić information content (AvgIpc) is 3.09. The van der Waals surface area contributed by atoms with Gasteiger partial charge < -0.3 is 10.6 Å². The number of rotatable bonds is 7. The van der Waals surface area contributed by atoms with E-state index in [1.54, 1.807) is 55.4 Å². The Balaban J connectivity index is 1.95. The molecule has 2 aromatic carbocycles. The van der Waals surface area contributed by atoms with Gasteiger partial charge in [-0.15, -0.1) is 5.10 Å². The number of aromatic nitrogens is 3. The van der Waals surface area contributed by atoms with Crippen molar-refractivity contribution in [3.8, 4) is 0 Å². The maximum absolute atomic E-state index is 12.8. The Kier molecular flexibility index (Phi) is 6.94. The Morgan fingerprint density at radius 2 is 1.74 bits per heavy atom. The van der Waals surface area contributed by atoms with E-state index in [-0.39, 0.29) is 39.4 Å². The van der Waals surface area contributed by atoms with Crippen LogP contribution in [0.5, 0.6) is 0 Å². The van der Waals surface area contributed by atoms with Crippen molar-refractivity contribution in [1.29, 1.82) is 0 Å². The van der Waals surface area contributed by atoms with Gasteiger partial charge in [0.1, 0.15) is 0 Å². The number of ketones is 1. The fourth-order valence-corrected chi connectivity index (χ4v) is 3.55. The van der Waals surface area contributed by atoms with Crippen LogP contribution >= 0.6 is 34.8 Å². The molecular formula is C20H17Cl3N6O2. The van der Waals surface area contributed by atoms with Crippen molar-refractivity contribution in [3.05, 3.63) is 73.9 Å². The Morgan fingerprint density at radius 3 is 2.29 bits per heavy atom. The lowest BCUT2D eigenvalue weighted by atomic mass is 10.0. The Morgan fingerprint density at radius 1 is 1.13 bits per heavy atom.